The van der Waals surface area contributed by atoms with Crippen molar-refractivity contribution in [1.82, 2.24) is 19.9 Å². The molecule has 1 amide bonds. The van der Waals surface area contributed by atoms with Gasteiger partial charge in [0.2, 0.25) is 5.95 Å². The monoisotopic (exact) mass is 433 g/mol. The van der Waals surface area contributed by atoms with Crippen LogP contribution in [-0.4, -0.2) is 52.1 Å². The molecule has 3 aromatic rings. The molecule has 0 unspecified atom stereocenters. The highest BCUT2D eigenvalue weighted by atomic mass is 16.5. The molecule has 1 saturated heterocycles. The predicted octanol–water partition coefficient (Wildman–Crippen LogP) is 3.52. The van der Waals surface area contributed by atoms with Crippen LogP contribution in [0.25, 0.3) is 0 Å². The van der Waals surface area contributed by atoms with Crippen LogP contribution in [0.1, 0.15) is 28.9 Å². The number of aryl methyl sites for hydroxylation is 3. The largest absolute Gasteiger partial charge is 0.484 e. The molecule has 4 rings (SSSR count). The first-order valence-corrected chi connectivity index (χ1v) is 10.6. The lowest BCUT2D eigenvalue weighted by molar-refractivity contribution is -0.141. The second-order valence-corrected chi connectivity index (χ2v) is 7.82. The summed E-state index contributed by atoms with van der Waals surface area (Å²) in [7, 11) is 0. The minimum atomic E-state index is -0.315. The van der Waals surface area contributed by atoms with Gasteiger partial charge in [0.05, 0.1) is 18.8 Å². The Hall–Kier alpha value is -3.52. The smallest absolute Gasteiger partial charge is 0.260 e. The summed E-state index contributed by atoms with van der Waals surface area (Å²) in [5.74, 6) is 1.14. The number of aromatic nitrogens is 3. The summed E-state index contributed by atoms with van der Waals surface area (Å²) >= 11 is 0. The Balaban J connectivity index is 1.44. The van der Waals surface area contributed by atoms with Gasteiger partial charge in [0, 0.05) is 29.3 Å². The molecule has 0 bridgehead atoms. The molecule has 1 aromatic carbocycles. The molecule has 0 saturated carbocycles. The lowest BCUT2D eigenvalue weighted by Crippen LogP contribution is -2.44. The van der Waals surface area contributed by atoms with Gasteiger partial charge in [-0.3, -0.25) is 9.78 Å². The fourth-order valence-corrected chi connectivity index (χ4v) is 3.65. The zero-order chi connectivity index (χ0) is 22.5. The molecule has 0 aliphatic carbocycles. The predicted molar refractivity (Wildman–Crippen MR) is 121 cm³/mol. The molecule has 8 nitrogen and oxygen atoms in total. The number of benzene rings is 1. The lowest BCUT2D eigenvalue weighted by Gasteiger charge is -2.33. The van der Waals surface area contributed by atoms with Crippen LogP contribution in [0.5, 0.6) is 5.75 Å². The normalized spacial score (nSPS) is 16.0. The van der Waals surface area contributed by atoms with E-state index in [1.807, 2.05) is 69.3 Å². The Morgan fingerprint density at radius 1 is 1.06 bits per heavy atom. The number of ether oxygens (including phenoxy) is 2. The van der Waals surface area contributed by atoms with E-state index in [2.05, 4.69) is 20.3 Å². The number of pyridine rings is 1. The molecule has 0 spiro atoms. The average Bonchev–Trinajstić information content (AvgIpc) is 2.77. The standard InChI is InChI=1S/C24H27N5O3/c1-16-11-17(2)27-24(26-16)28-19-12-18(3)25-21(13-19)22-14-29(9-10-31-22)23(30)15-32-20-7-5-4-6-8-20/h4-8,11-13,22H,9-10,14-15H2,1-3H3,(H,25,26,27,28)/t22-/m1/s1. The fraction of sp³-hybridized carbons (Fsp3) is 0.333. The van der Waals surface area contributed by atoms with E-state index in [1.54, 1.807) is 4.90 Å². The zero-order valence-electron chi connectivity index (χ0n) is 18.5. The van der Waals surface area contributed by atoms with Crippen LogP contribution in [0.4, 0.5) is 11.6 Å². The maximum absolute atomic E-state index is 12.7. The van der Waals surface area contributed by atoms with E-state index in [0.717, 1.165) is 28.5 Å². The minimum Gasteiger partial charge on any atom is -0.484 e. The molecule has 3 heterocycles. The van der Waals surface area contributed by atoms with Crippen molar-refractivity contribution >= 4 is 17.5 Å². The third-order valence-electron chi connectivity index (χ3n) is 5.07. The summed E-state index contributed by atoms with van der Waals surface area (Å²) in [6.07, 6.45) is -0.315. The number of nitrogens with zero attached hydrogens (tertiary/aromatic N) is 4. The van der Waals surface area contributed by atoms with Crippen molar-refractivity contribution in [2.24, 2.45) is 0 Å². The van der Waals surface area contributed by atoms with Gasteiger partial charge in [-0.25, -0.2) is 9.97 Å². The number of nitrogens with one attached hydrogen (secondary N) is 1. The van der Waals surface area contributed by atoms with Gasteiger partial charge in [-0.1, -0.05) is 18.2 Å². The first-order valence-electron chi connectivity index (χ1n) is 10.6. The third-order valence-corrected chi connectivity index (χ3v) is 5.07. The summed E-state index contributed by atoms with van der Waals surface area (Å²) in [5, 5.41) is 3.26. The van der Waals surface area contributed by atoms with Gasteiger partial charge in [0.1, 0.15) is 11.9 Å². The first-order chi connectivity index (χ1) is 15.5. The topological polar surface area (TPSA) is 89.5 Å². The van der Waals surface area contributed by atoms with Crippen LogP contribution in [0, 0.1) is 20.8 Å². The molecule has 32 heavy (non-hydrogen) atoms. The van der Waals surface area contributed by atoms with Gasteiger partial charge in [-0.2, -0.15) is 0 Å². The number of carbonyl (C=O) groups is 1. The number of carbonyl (C=O) groups excluding carboxylic acids is 1. The molecule has 1 atom stereocenters. The van der Waals surface area contributed by atoms with Crippen LogP contribution >= 0.6 is 0 Å². The van der Waals surface area contributed by atoms with E-state index in [1.165, 1.54) is 0 Å². The molecule has 1 N–H and O–H groups in total. The second-order valence-electron chi connectivity index (χ2n) is 7.82. The molecule has 8 heteroatoms. The molecule has 1 aliphatic rings. The van der Waals surface area contributed by atoms with Crippen LogP contribution in [0.3, 0.4) is 0 Å². The Kier molecular flexibility index (Phi) is 6.61. The number of para-hydroxylation sites is 1. The van der Waals surface area contributed by atoms with Crippen molar-refractivity contribution in [1.29, 1.82) is 0 Å². The Labute approximate surface area is 187 Å². The van der Waals surface area contributed by atoms with Gasteiger partial charge in [-0.05, 0) is 51.1 Å². The summed E-state index contributed by atoms with van der Waals surface area (Å²) < 4.78 is 11.6. The van der Waals surface area contributed by atoms with Crippen LogP contribution in [0.2, 0.25) is 0 Å². The summed E-state index contributed by atoms with van der Waals surface area (Å²) in [6.45, 7) is 7.19. The van der Waals surface area contributed by atoms with Crippen LogP contribution in [-0.2, 0) is 9.53 Å². The summed E-state index contributed by atoms with van der Waals surface area (Å²) in [5.41, 5.74) is 4.23. The Bertz CT molecular complexity index is 1070. The van der Waals surface area contributed by atoms with E-state index in [4.69, 9.17) is 9.47 Å². The highest BCUT2D eigenvalue weighted by molar-refractivity contribution is 5.78. The third kappa shape index (κ3) is 5.59. The first kappa shape index (κ1) is 21.7. The number of anilines is 2. The second kappa shape index (κ2) is 9.74. The highest BCUT2D eigenvalue weighted by Gasteiger charge is 2.27. The number of hydrogen-bond donors (Lipinski definition) is 1. The summed E-state index contributed by atoms with van der Waals surface area (Å²) in [4.78, 5) is 28.0. The number of amides is 1. The minimum absolute atomic E-state index is 0.00513. The van der Waals surface area contributed by atoms with Gasteiger partial charge in [0.25, 0.3) is 5.91 Å². The van der Waals surface area contributed by atoms with E-state index in [-0.39, 0.29) is 18.6 Å². The van der Waals surface area contributed by atoms with Crippen LogP contribution < -0.4 is 10.1 Å². The van der Waals surface area contributed by atoms with Crippen molar-refractivity contribution in [2.45, 2.75) is 26.9 Å². The van der Waals surface area contributed by atoms with Gasteiger partial charge < -0.3 is 19.7 Å². The quantitative estimate of drug-likeness (QED) is 0.636. The van der Waals surface area contributed by atoms with Crippen molar-refractivity contribution in [3.8, 4) is 5.75 Å². The molecular formula is C24H27N5O3. The number of morpholine rings is 1. The lowest BCUT2D eigenvalue weighted by atomic mass is 10.1. The van der Waals surface area contributed by atoms with E-state index >= 15 is 0 Å². The average molecular weight is 434 g/mol. The van der Waals surface area contributed by atoms with Crippen molar-refractivity contribution in [2.75, 3.05) is 31.6 Å². The molecule has 1 aliphatic heterocycles. The SMILES string of the molecule is Cc1cc(Nc2nc(C)cc(C)n2)cc([C@H]2CN(C(=O)COc3ccccc3)CCO2)n1. The molecule has 0 radical (unpaired) electrons. The molecular weight excluding hydrogens is 406 g/mol. The summed E-state index contributed by atoms with van der Waals surface area (Å²) in [6, 6.07) is 15.1. The fourth-order valence-electron chi connectivity index (χ4n) is 3.65. The number of rotatable bonds is 6. The van der Waals surface area contributed by atoms with Gasteiger partial charge >= 0.3 is 0 Å². The van der Waals surface area contributed by atoms with E-state index < -0.39 is 0 Å². The van der Waals surface area contributed by atoms with E-state index in [9.17, 15) is 4.79 Å². The Morgan fingerprint density at radius 3 is 2.53 bits per heavy atom. The van der Waals surface area contributed by atoms with Gasteiger partial charge in [-0.15, -0.1) is 0 Å². The zero-order valence-corrected chi connectivity index (χ0v) is 18.5. The molecule has 2 aromatic heterocycles. The highest BCUT2D eigenvalue weighted by Crippen LogP contribution is 2.25. The molecule has 1 fully saturated rings. The van der Waals surface area contributed by atoms with Gasteiger partial charge in [0.15, 0.2) is 6.61 Å². The number of hydrogen-bond acceptors (Lipinski definition) is 7. The molecule has 166 valence electrons. The van der Waals surface area contributed by atoms with Crippen molar-refractivity contribution < 1.29 is 14.3 Å². The van der Waals surface area contributed by atoms with E-state index in [0.29, 0.717) is 31.4 Å². The Morgan fingerprint density at radius 2 is 1.78 bits per heavy atom. The van der Waals surface area contributed by atoms with Crippen molar-refractivity contribution in [3.63, 3.8) is 0 Å². The van der Waals surface area contributed by atoms with Crippen molar-refractivity contribution in [3.05, 3.63) is 71.3 Å². The maximum Gasteiger partial charge on any atom is 0.260 e. The maximum atomic E-state index is 12.7. The van der Waals surface area contributed by atoms with Crippen LogP contribution in [0.15, 0.2) is 48.5 Å².